The third-order valence-corrected chi connectivity index (χ3v) is 5.41. The van der Waals surface area contributed by atoms with Crippen LogP contribution in [0, 0.1) is 0 Å². The Labute approximate surface area is 147 Å². The minimum atomic E-state index is -0.0197. The zero-order valence-corrected chi connectivity index (χ0v) is 14.6. The second-order valence-electron chi connectivity index (χ2n) is 6.59. The molecular formula is C18H22ClN5. The van der Waals surface area contributed by atoms with Crippen molar-refractivity contribution in [1.29, 1.82) is 0 Å². The molecule has 24 heavy (non-hydrogen) atoms. The molecule has 0 atom stereocenters. The standard InChI is InChI=1S/C18H22ClN5/c1-2-13-9-20-12-21-17(13)23-14-8-15(19)16-10-22-18(24(16)11-14)6-4-3-5-7-18/h8-12,22H,2-7H2,1H3,(H,20,21,23). The molecule has 1 spiro atoms. The Morgan fingerprint density at radius 2 is 2.17 bits per heavy atom. The van der Waals surface area contributed by atoms with Crippen molar-refractivity contribution in [3.05, 3.63) is 53.0 Å². The summed E-state index contributed by atoms with van der Waals surface area (Å²) in [5.41, 5.74) is 3.09. The summed E-state index contributed by atoms with van der Waals surface area (Å²) in [5, 5.41) is 7.76. The summed E-state index contributed by atoms with van der Waals surface area (Å²) in [5.74, 6) is 0.844. The Morgan fingerprint density at radius 3 is 2.96 bits per heavy atom. The van der Waals surface area contributed by atoms with Crippen molar-refractivity contribution in [3.63, 3.8) is 0 Å². The number of aromatic nitrogens is 2. The van der Waals surface area contributed by atoms with E-state index in [1.807, 2.05) is 12.3 Å². The van der Waals surface area contributed by atoms with Crippen molar-refractivity contribution >= 4 is 17.4 Å². The van der Waals surface area contributed by atoms with Crippen LogP contribution >= 0.6 is 11.6 Å². The highest BCUT2D eigenvalue weighted by Crippen LogP contribution is 2.42. The summed E-state index contributed by atoms with van der Waals surface area (Å²) in [6, 6.07) is 0. The molecule has 0 radical (unpaired) electrons. The van der Waals surface area contributed by atoms with E-state index in [9.17, 15) is 0 Å². The minimum Gasteiger partial charge on any atom is -0.367 e. The zero-order valence-electron chi connectivity index (χ0n) is 13.8. The molecule has 0 unspecified atom stereocenters. The maximum absolute atomic E-state index is 6.55. The molecule has 1 aromatic rings. The summed E-state index contributed by atoms with van der Waals surface area (Å²) in [6.07, 6.45) is 16.6. The van der Waals surface area contributed by atoms with Gasteiger partial charge in [-0.1, -0.05) is 24.9 Å². The molecule has 0 bridgehead atoms. The van der Waals surface area contributed by atoms with Crippen molar-refractivity contribution in [2.75, 3.05) is 5.32 Å². The highest BCUT2D eigenvalue weighted by atomic mass is 35.5. The zero-order chi connectivity index (χ0) is 16.6. The number of hydrogen-bond donors (Lipinski definition) is 2. The van der Waals surface area contributed by atoms with E-state index in [-0.39, 0.29) is 5.66 Å². The van der Waals surface area contributed by atoms with Gasteiger partial charge in [-0.15, -0.1) is 0 Å². The molecule has 2 aliphatic heterocycles. The van der Waals surface area contributed by atoms with E-state index in [2.05, 4.69) is 44.8 Å². The molecule has 1 aliphatic carbocycles. The van der Waals surface area contributed by atoms with Gasteiger partial charge in [0.25, 0.3) is 0 Å². The van der Waals surface area contributed by atoms with Gasteiger partial charge in [-0.3, -0.25) is 0 Å². The second-order valence-corrected chi connectivity index (χ2v) is 7.00. The molecule has 3 aliphatic rings. The van der Waals surface area contributed by atoms with Crippen LogP contribution in [0.4, 0.5) is 5.82 Å². The van der Waals surface area contributed by atoms with Crippen LogP contribution in [0.15, 0.2) is 47.4 Å². The predicted molar refractivity (Wildman–Crippen MR) is 95.9 cm³/mol. The molecule has 1 aromatic heterocycles. The molecular weight excluding hydrogens is 322 g/mol. The molecule has 0 amide bonds. The third kappa shape index (κ3) is 2.57. The quantitative estimate of drug-likeness (QED) is 0.873. The van der Waals surface area contributed by atoms with Crippen molar-refractivity contribution in [2.45, 2.75) is 51.1 Å². The number of anilines is 1. The first kappa shape index (κ1) is 15.5. The maximum atomic E-state index is 6.55. The largest absolute Gasteiger partial charge is 0.367 e. The Balaban J connectivity index is 1.64. The summed E-state index contributed by atoms with van der Waals surface area (Å²) < 4.78 is 0. The Kier molecular flexibility index (Phi) is 3.96. The van der Waals surface area contributed by atoms with Crippen LogP contribution in [0.25, 0.3) is 0 Å². The van der Waals surface area contributed by atoms with Gasteiger partial charge < -0.3 is 15.5 Å². The molecule has 5 nitrogen and oxygen atoms in total. The van der Waals surface area contributed by atoms with Crippen molar-refractivity contribution < 1.29 is 0 Å². The SMILES string of the molecule is CCc1cncnc1NC1=CN2C(=CNC23CCCCC3)C(Cl)=C1. The van der Waals surface area contributed by atoms with E-state index >= 15 is 0 Å². The van der Waals surface area contributed by atoms with Crippen molar-refractivity contribution in [2.24, 2.45) is 0 Å². The van der Waals surface area contributed by atoms with E-state index in [0.29, 0.717) is 0 Å². The van der Waals surface area contributed by atoms with Gasteiger partial charge in [0.05, 0.1) is 16.4 Å². The molecule has 1 fully saturated rings. The monoisotopic (exact) mass is 343 g/mol. The third-order valence-electron chi connectivity index (χ3n) is 5.11. The molecule has 0 aromatic carbocycles. The highest BCUT2D eigenvalue weighted by Gasteiger charge is 2.43. The number of halogens is 1. The number of aryl methyl sites for hydroxylation is 1. The predicted octanol–water partition coefficient (Wildman–Crippen LogP) is 3.84. The molecule has 2 N–H and O–H groups in total. The van der Waals surface area contributed by atoms with Crippen LogP contribution < -0.4 is 10.6 Å². The molecule has 3 heterocycles. The lowest BCUT2D eigenvalue weighted by Crippen LogP contribution is -2.51. The van der Waals surface area contributed by atoms with Gasteiger partial charge >= 0.3 is 0 Å². The smallest absolute Gasteiger partial charge is 0.136 e. The van der Waals surface area contributed by atoms with E-state index in [0.717, 1.165) is 47.1 Å². The highest BCUT2D eigenvalue weighted by molar-refractivity contribution is 6.32. The number of nitrogens with one attached hydrogen (secondary N) is 2. The fourth-order valence-electron chi connectivity index (χ4n) is 3.79. The first-order valence-corrected chi connectivity index (χ1v) is 9.02. The summed E-state index contributed by atoms with van der Waals surface area (Å²) in [6.45, 7) is 2.10. The van der Waals surface area contributed by atoms with Crippen molar-refractivity contribution in [3.8, 4) is 0 Å². The number of rotatable bonds is 3. The number of fused-ring (bicyclic) bond motifs is 2. The molecule has 0 saturated heterocycles. The summed E-state index contributed by atoms with van der Waals surface area (Å²) in [7, 11) is 0. The average molecular weight is 344 g/mol. The van der Waals surface area contributed by atoms with E-state index in [1.165, 1.54) is 19.3 Å². The second kappa shape index (κ2) is 6.13. The topological polar surface area (TPSA) is 53.1 Å². The van der Waals surface area contributed by atoms with Gasteiger partial charge in [0.2, 0.25) is 0 Å². The lowest BCUT2D eigenvalue weighted by molar-refractivity contribution is 0.126. The van der Waals surface area contributed by atoms with Gasteiger partial charge in [0.1, 0.15) is 17.8 Å². The van der Waals surface area contributed by atoms with Crippen LogP contribution in [-0.2, 0) is 6.42 Å². The molecule has 1 saturated carbocycles. The Bertz CT molecular complexity index is 731. The normalized spacial score (nSPS) is 21.6. The Hall–Kier alpha value is -2.01. The Morgan fingerprint density at radius 1 is 1.33 bits per heavy atom. The number of hydrogen-bond acceptors (Lipinski definition) is 5. The lowest BCUT2D eigenvalue weighted by atomic mass is 9.88. The first-order chi connectivity index (χ1) is 11.7. The number of allylic oxidation sites excluding steroid dienone is 2. The first-order valence-electron chi connectivity index (χ1n) is 8.64. The van der Waals surface area contributed by atoms with Gasteiger partial charge in [-0.05, 0) is 38.2 Å². The van der Waals surface area contributed by atoms with Crippen molar-refractivity contribution in [1.82, 2.24) is 20.2 Å². The molecule has 126 valence electrons. The average Bonchev–Trinajstić information content (AvgIpc) is 2.95. The lowest BCUT2D eigenvalue weighted by Gasteiger charge is -2.43. The van der Waals surface area contributed by atoms with Crippen LogP contribution in [0.1, 0.15) is 44.6 Å². The fraction of sp³-hybridized carbons (Fsp3) is 0.444. The van der Waals surface area contributed by atoms with Crippen LogP contribution in [0.3, 0.4) is 0 Å². The minimum absolute atomic E-state index is 0.0197. The fourth-order valence-corrected chi connectivity index (χ4v) is 4.06. The van der Waals surface area contributed by atoms with Crippen LogP contribution in [-0.4, -0.2) is 20.5 Å². The van der Waals surface area contributed by atoms with Gasteiger partial charge in [-0.2, -0.15) is 0 Å². The van der Waals surface area contributed by atoms with Gasteiger partial charge in [0, 0.05) is 24.2 Å². The van der Waals surface area contributed by atoms with E-state index in [4.69, 9.17) is 11.6 Å². The molecule has 4 rings (SSSR count). The van der Waals surface area contributed by atoms with E-state index in [1.54, 1.807) is 6.33 Å². The summed E-state index contributed by atoms with van der Waals surface area (Å²) in [4.78, 5) is 10.8. The van der Waals surface area contributed by atoms with E-state index < -0.39 is 0 Å². The number of nitrogens with zero attached hydrogens (tertiary/aromatic N) is 3. The molecule has 6 heteroatoms. The summed E-state index contributed by atoms with van der Waals surface area (Å²) >= 11 is 6.55. The van der Waals surface area contributed by atoms with Crippen LogP contribution in [0.5, 0.6) is 0 Å². The maximum Gasteiger partial charge on any atom is 0.136 e. The van der Waals surface area contributed by atoms with Gasteiger partial charge in [-0.25, -0.2) is 9.97 Å². The van der Waals surface area contributed by atoms with Gasteiger partial charge in [0.15, 0.2) is 0 Å². The van der Waals surface area contributed by atoms with Crippen LogP contribution in [0.2, 0.25) is 0 Å².